The quantitative estimate of drug-likeness (QED) is 0.408. The normalized spacial score (nSPS) is 11.4. The van der Waals surface area contributed by atoms with Gasteiger partial charge in [-0.15, -0.1) is 0 Å². The monoisotopic (exact) mass is 406 g/mol. The van der Waals surface area contributed by atoms with Gasteiger partial charge in [0.05, 0.1) is 22.8 Å². The highest BCUT2D eigenvalue weighted by Crippen LogP contribution is 2.31. The van der Waals surface area contributed by atoms with Gasteiger partial charge in [0.15, 0.2) is 11.5 Å². The van der Waals surface area contributed by atoms with Crippen LogP contribution in [0.15, 0.2) is 67.5 Å². The molecule has 0 aromatic carbocycles. The Hall–Kier alpha value is -4.66. The number of aromatic nitrogens is 8. The molecule has 6 heterocycles. The highest BCUT2D eigenvalue weighted by molar-refractivity contribution is 5.96. The second-order valence-electron chi connectivity index (χ2n) is 7.01. The summed E-state index contributed by atoms with van der Waals surface area (Å²) in [6.45, 7) is 0. The van der Waals surface area contributed by atoms with Crippen LogP contribution >= 0.6 is 0 Å². The molecule has 6 rings (SSSR count). The lowest BCUT2D eigenvalue weighted by molar-refractivity contribution is 0.473. The molecule has 0 amide bonds. The molecule has 6 aromatic rings. The van der Waals surface area contributed by atoms with E-state index in [1.807, 2.05) is 24.3 Å². The number of hydrogen-bond donors (Lipinski definition) is 3. The van der Waals surface area contributed by atoms with Crippen molar-refractivity contribution in [2.24, 2.45) is 0 Å². The minimum atomic E-state index is 0.0951. The molecule has 0 aliphatic heterocycles. The summed E-state index contributed by atoms with van der Waals surface area (Å²) in [6.07, 6.45) is 10.0. The molecule has 148 valence electrons. The average molecular weight is 406 g/mol. The van der Waals surface area contributed by atoms with Gasteiger partial charge in [0.2, 0.25) is 0 Å². The highest BCUT2D eigenvalue weighted by Gasteiger charge is 2.17. The number of imidazole rings is 1. The van der Waals surface area contributed by atoms with Gasteiger partial charge in [0, 0.05) is 47.7 Å². The molecule has 31 heavy (non-hydrogen) atoms. The van der Waals surface area contributed by atoms with E-state index in [0.717, 1.165) is 38.8 Å². The van der Waals surface area contributed by atoms with Gasteiger partial charge in [-0.2, -0.15) is 5.10 Å². The van der Waals surface area contributed by atoms with Crippen molar-refractivity contribution >= 4 is 22.1 Å². The Labute approximate surface area is 174 Å². The lowest BCUT2D eigenvalue weighted by Crippen LogP contribution is -1.86. The summed E-state index contributed by atoms with van der Waals surface area (Å²) in [5.74, 6) is 0.699. The van der Waals surface area contributed by atoms with Gasteiger partial charge in [-0.05, 0) is 30.3 Å². The summed E-state index contributed by atoms with van der Waals surface area (Å²) in [7, 11) is 0. The van der Waals surface area contributed by atoms with Crippen LogP contribution in [0.4, 0.5) is 0 Å². The van der Waals surface area contributed by atoms with Crippen molar-refractivity contribution in [3.8, 4) is 39.7 Å². The summed E-state index contributed by atoms with van der Waals surface area (Å²) in [5, 5.41) is 17.9. The van der Waals surface area contributed by atoms with Crippen LogP contribution in [0.25, 0.3) is 56.0 Å². The Bertz CT molecular complexity index is 1550. The van der Waals surface area contributed by atoms with Crippen molar-refractivity contribution in [2.45, 2.75) is 0 Å². The van der Waals surface area contributed by atoms with E-state index >= 15 is 0 Å². The van der Waals surface area contributed by atoms with Crippen LogP contribution in [-0.2, 0) is 0 Å². The van der Waals surface area contributed by atoms with Crippen LogP contribution in [0.5, 0.6) is 5.75 Å². The lowest BCUT2D eigenvalue weighted by Gasteiger charge is -2.02. The van der Waals surface area contributed by atoms with E-state index in [4.69, 9.17) is 4.98 Å². The second kappa shape index (κ2) is 6.70. The van der Waals surface area contributed by atoms with E-state index in [0.29, 0.717) is 17.2 Å². The third-order valence-corrected chi connectivity index (χ3v) is 5.03. The molecule has 0 fully saturated rings. The third kappa shape index (κ3) is 2.87. The molecule has 0 saturated carbocycles. The maximum Gasteiger partial charge on any atom is 0.159 e. The molecule has 0 spiro atoms. The smallest absolute Gasteiger partial charge is 0.159 e. The fourth-order valence-corrected chi connectivity index (χ4v) is 3.59. The van der Waals surface area contributed by atoms with Gasteiger partial charge in [0.1, 0.15) is 17.0 Å². The first-order valence-corrected chi connectivity index (χ1v) is 9.50. The van der Waals surface area contributed by atoms with Gasteiger partial charge < -0.3 is 10.1 Å². The van der Waals surface area contributed by atoms with Crippen LogP contribution in [0.2, 0.25) is 0 Å². The van der Waals surface area contributed by atoms with E-state index in [2.05, 4.69) is 35.1 Å². The van der Waals surface area contributed by atoms with Gasteiger partial charge in [-0.1, -0.05) is 0 Å². The largest absolute Gasteiger partial charge is 0.506 e. The number of rotatable bonds is 3. The number of nitrogens with zero attached hydrogens (tertiary/aromatic N) is 6. The topological polar surface area (TPSA) is 129 Å². The molecule has 0 atom stereocenters. The Kier molecular flexibility index (Phi) is 3.72. The maximum atomic E-state index is 9.75. The molecule has 0 saturated heterocycles. The first-order chi connectivity index (χ1) is 15.3. The van der Waals surface area contributed by atoms with Crippen LogP contribution < -0.4 is 0 Å². The summed E-state index contributed by atoms with van der Waals surface area (Å²) in [5.41, 5.74) is 6.07. The third-order valence-electron chi connectivity index (χ3n) is 5.03. The standard InChI is InChI=1S/C22H14N8O/c31-15-6-13(9-24-11-15)14-7-16-19(29-30-21(16)26-10-14)22-27-17-3-5-25-18(20(17)28-22)12-2-1-4-23-8-12/h1-11,31H,(H,27,28)(H,26,29,30). The van der Waals surface area contributed by atoms with Gasteiger partial charge in [-0.25, -0.2) is 9.97 Å². The van der Waals surface area contributed by atoms with E-state index in [-0.39, 0.29) is 5.75 Å². The van der Waals surface area contributed by atoms with Crippen LogP contribution in [0, 0.1) is 0 Å². The van der Waals surface area contributed by atoms with Crippen molar-refractivity contribution in [1.29, 1.82) is 0 Å². The molecule has 0 radical (unpaired) electrons. The highest BCUT2D eigenvalue weighted by atomic mass is 16.3. The Morgan fingerprint density at radius 1 is 0.806 bits per heavy atom. The van der Waals surface area contributed by atoms with Crippen molar-refractivity contribution in [2.75, 3.05) is 0 Å². The zero-order valence-electron chi connectivity index (χ0n) is 16.0. The number of pyridine rings is 4. The van der Waals surface area contributed by atoms with Gasteiger partial charge >= 0.3 is 0 Å². The van der Waals surface area contributed by atoms with Crippen molar-refractivity contribution in [1.82, 2.24) is 40.1 Å². The van der Waals surface area contributed by atoms with Crippen molar-refractivity contribution in [3.63, 3.8) is 0 Å². The van der Waals surface area contributed by atoms with Crippen molar-refractivity contribution < 1.29 is 5.11 Å². The van der Waals surface area contributed by atoms with Gasteiger partial charge in [-0.3, -0.25) is 20.1 Å². The Morgan fingerprint density at radius 3 is 2.58 bits per heavy atom. The Balaban J connectivity index is 1.51. The molecule has 0 aliphatic carbocycles. The molecule has 0 aliphatic rings. The van der Waals surface area contributed by atoms with Crippen LogP contribution in [0.1, 0.15) is 0 Å². The summed E-state index contributed by atoms with van der Waals surface area (Å²) >= 11 is 0. The number of hydrogen-bond acceptors (Lipinski definition) is 7. The Morgan fingerprint density at radius 2 is 1.71 bits per heavy atom. The maximum absolute atomic E-state index is 9.75. The summed E-state index contributed by atoms with van der Waals surface area (Å²) in [6, 6.07) is 9.29. The number of aromatic hydroxyl groups is 1. The summed E-state index contributed by atoms with van der Waals surface area (Å²) in [4.78, 5) is 25.3. The molecule has 3 N–H and O–H groups in total. The molecule has 0 bridgehead atoms. The second-order valence-corrected chi connectivity index (χ2v) is 7.01. The minimum Gasteiger partial charge on any atom is -0.506 e. The zero-order valence-corrected chi connectivity index (χ0v) is 16.0. The molecular formula is C22H14N8O. The summed E-state index contributed by atoms with van der Waals surface area (Å²) < 4.78 is 0. The number of H-pyrrole nitrogens is 2. The SMILES string of the molecule is Oc1cncc(-c2cnc3[nH]nc(-c4nc5c(-c6cccnc6)nccc5[nH]4)c3c2)c1. The minimum absolute atomic E-state index is 0.0951. The fourth-order valence-electron chi connectivity index (χ4n) is 3.59. The first kappa shape index (κ1) is 17.2. The first-order valence-electron chi connectivity index (χ1n) is 9.50. The average Bonchev–Trinajstić information content (AvgIpc) is 3.43. The van der Waals surface area contributed by atoms with E-state index in [9.17, 15) is 5.11 Å². The molecule has 9 heteroatoms. The van der Waals surface area contributed by atoms with Crippen LogP contribution in [0.3, 0.4) is 0 Å². The van der Waals surface area contributed by atoms with Crippen molar-refractivity contribution in [3.05, 3.63) is 67.5 Å². The molecule has 6 aromatic heterocycles. The lowest BCUT2D eigenvalue weighted by atomic mass is 10.1. The van der Waals surface area contributed by atoms with E-state index < -0.39 is 0 Å². The van der Waals surface area contributed by atoms with Crippen LogP contribution in [-0.4, -0.2) is 45.2 Å². The predicted octanol–water partition coefficient (Wildman–Crippen LogP) is 3.73. The number of aromatic amines is 2. The molecular weight excluding hydrogens is 392 g/mol. The van der Waals surface area contributed by atoms with Gasteiger partial charge in [0.25, 0.3) is 0 Å². The van der Waals surface area contributed by atoms with E-state index in [1.165, 1.54) is 6.20 Å². The van der Waals surface area contributed by atoms with E-state index in [1.54, 1.807) is 37.1 Å². The number of nitrogens with one attached hydrogen (secondary N) is 2. The fraction of sp³-hybridized carbons (Fsp3) is 0. The zero-order chi connectivity index (χ0) is 20.8. The predicted molar refractivity (Wildman–Crippen MR) is 115 cm³/mol. The molecule has 0 unspecified atom stereocenters. The molecule has 9 nitrogen and oxygen atoms in total. The number of fused-ring (bicyclic) bond motifs is 2.